The standard InChI is InChI=1S/C17H27N3O3S/c1-4-20(5-2)17(21)14-6-8-16(9-7-14)24(22,23)19(3)15-10-12-18-13-11-15/h6-9,15,18H,4-5,10-13H2,1-3H3. The van der Waals surface area contributed by atoms with E-state index < -0.39 is 10.0 Å². The number of hydrogen-bond donors (Lipinski definition) is 1. The summed E-state index contributed by atoms with van der Waals surface area (Å²) in [7, 11) is -1.89. The van der Waals surface area contributed by atoms with Gasteiger partial charge in [0.1, 0.15) is 0 Å². The lowest BCUT2D eigenvalue weighted by molar-refractivity contribution is 0.0773. The smallest absolute Gasteiger partial charge is 0.253 e. The fourth-order valence-electron chi connectivity index (χ4n) is 3.00. The molecule has 7 heteroatoms. The summed E-state index contributed by atoms with van der Waals surface area (Å²) in [6.45, 7) is 6.79. The van der Waals surface area contributed by atoms with Gasteiger partial charge in [-0.3, -0.25) is 4.79 Å². The van der Waals surface area contributed by atoms with Gasteiger partial charge in [-0.05, 0) is 64.0 Å². The van der Waals surface area contributed by atoms with E-state index in [0.717, 1.165) is 25.9 Å². The van der Waals surface area contributed by atoms with Crippen LogP contribution in [-0.4, -0.2) is 62.8 Å². The molecule has 1 aliphatic heterocycles. The number of amides is 1. The van der Waals surface area contributed by atoms with Crippen LogP contribution in [0.1, 0.15) is 37.0 Å². The molecule has 1 aromatic rings. The number of nitrogens with one attached hydrogen (secondary N) is 1. The van der Waals surface area contributed by atoms with Crippen LogP contribution in [0.4, 0.5) is 0 Å². The predicted molar refractivity (Wildman–Crippen MR) is 94.5 cm³/mol. The van der Waals surface area contributed by atoms with Crippen LogP contribution in [0, 0.1) is 0 Å². The van der Waals surface area contributed by atoms with Crippen molar-refractivity contribution in [2.45, 2.75) is 37.6 Å². The van der Waals surface area contributed by atoms with Crippen LogP contribution >= 0.6 is 0 Å². The number of rotatable bonds is 6. The summed E-state index contributed by atoms with van der Waals surface area (Å²) < 4.78 is 27.0. The van der Waals surface area contributed by atoms with Crippen molar-refractivity contribution in [3.05, 3.63) is 29.8 Å². The lowest BCUT2D eigenvalue weighted by atomic mass is 10.1. The van der Waals surface area contributed by atoms with Crippen molar-refractivity contribution in [2.75, 3.05) is 33.2 Å². The maximum Gasteiger partial charge on any atom is 0.253 e. The maximum atomic E-state index is 12.8. The van der Waals surface area contributed by atoms with Gasteiger partial charge in [0.15, 0.2) is 0 Å². The molecular weight excluding hydrogens is 326 g/mol. The lowest BCUT2D eigenvalue weighted by Gasteiger charge is -2.30. The van der Waals surface area contributed by atoms with Gasteiger partial charge in [-0.1, -0.05) is 0 Å². The Labute approximate surface area is 144 Å². The van der Waals surface area contributed by atoms with Crippen LogP contribution in [0.2, 0.25) is 0 Å². The summed E-state index contributed by atoms with van der Waals surface area (Å²) in [6, 6.07) is 6.29. The van der Waals surface area contributed by atoms with Crippen LogP contribution in [0.5, 0.6) is 0 Å². The quantitative estimate of drug-likeness (QED) is 0.842. The molecule has 0 aliphatic carbocycles. The van der Waals surface area contributed by atoms with Crippen molar-refractivity contribution in [1.82, 2.24) is 14.5 Å². The molecule has 6 nitrogen and oxygen atoms in total. The van der Waals surface area contributed by atoms with Gasteiger partial charge in [0.25, 0.3) is 5.91 Å². The van der Waals surface area contributed by atoms with Crippen LogP contribution in [0.25, 0.3) is 0 Å². The van der Waals surface area contributed by atoms with Gasteiger partial charge < -0.3 is 10.2 Å². The Morgan fingerprint density at radius 1 is 1.12 bits per heavy atom. The van der Waals surface area contributed by atoms with Crippen LogP contribution < -0.4 is 5.32 Å². The first kappa shape index (κ1) is 18.9. The maximum absolute atomic E-state index is 12.8. The Morgan fingerprint density at radius 2 is 1.67 bits per heavy atom. The molecule has 1 fully saturated rings. The van der Waals surface area contributed by atoms with Crippen molar-refractivity contribution >= 4 is 15.9 Å². The summed E-state index contributed by atoms with van der Waals surface area (Å²) in [4.78, 5) is 14.3. The molecule has 0 unspecified atom stereocenters. The van der Waals surface area contributed by atoms with E-state index in [-0.39, 0.29) is 16.8 Å². The van der Waals surface area contributed by atoms with E-state index in [1.54, 1.807) is 24.1 Å². The van der Waals surface area contributed by atoms with Gasteiger partial charge >= 0.3 is 0 Å². The second-order valence-electron chi connectivity index (χ2n) is 6.00. The van der Waals surface area contributed by atoms with E-state index in [9.17, 15) is 13.2 Å². The second kappa shape index (κ2) is 8.09. The molecule has 0 radical (unpaired) electrons. The van der Waals surface area contributed by atoms with Gasteiger partial charge in [0, 0.05) is 31.7 Å². The van der Waals surface area contributed by atoms with Crippen LogP contribution in [0.3, 0.4) is 0 Å². The molecule has 0 aromatic heterocycles. The molecule has 0 bridgehead atoms. The Balaban J connectivity index is 2.18. The number of hydrogen-bond acceptors (Lipinski definition) is 4. The molecule has 134 valence electrons. The van der Waals surface area contributed by atoms with E-state index in [2.05, 4.69) is 5.32 Å². The van der Waals surface area contributed by atoms with E-state index in [1.165, 1.54) is 16.4 Å². The molecule has 1 saturated heterocycles. The van der Waals surface area contributed by atoms with Gasteiger partial charge in [0.2, 0.25) is 10.0 Å². The van der Waals surface area contributed by atoms with Gasteiger partial charge in [-0.2, -0.15) is 4.31 Å². The molecule has 0 atom stereocenters. The molecule has 0 spiro atoms. The molecule has 1 heterocycles. The molecule has 2 rings (SSSR count). The Hall–Kier alpha value is -1.44. The average Bonchev–Trinajstić information content (AvgIpc) is 2.62. The minimum atomic E-state index is -3.53. The monoisotopic (exact) mass is 353 g/mol. The zero-order valence-corrected chi connectivity index (χ0v) is 15.5. The van der Waals surface area contributed by atoms with E-state index in [1.807, 2.05) is 13.8 Å². The van der Waals surface area contributed by atoms with Crippen LogP contribution in [0.15, 0.2) is 29.2 Å². The van der Waals surface area contributed by atoms with Crippen molar-refractivity contribution in [2.24, 2.45) is 0 Å². The minimum Gasteiger partial charge on any atom is -0.339 e. The highest BCUT2D eigenvalue weighted by molar-refractivity contribution is 7.89. The minimum absolute atomic E-state index is 0.0215. The molecule has 1 aromatic carbocycles. The average molecular weight is 353 g/mol. The molecule has 24 heavy (non-hydrogen) atoms. The van der Waals surface area contributed by atoms with Crippen molar-refractivity contribution in [1.29, 1.82) is 0 Å². The molecule has 1 aliphatic rings. The zero-order valence-electron chi connectivity index (χ0n) is 14.7. The van der Waals surface area contributed by atoms with E-state index in [0.29, 0.717) is 18.7 Å². The van der Waals surface area contributed by atoms with E-state index in [4.69, 9.17) is 0 Å². The number of benzene rings is 1. The number of sulfonamides is 1. The second-order valence-corrected chi connectivity index (χ2v) is 8.00. The predicted octanol–water partition coefficient (Wildman–Crippen LogP) is 1.54. The Kier molecular flexibility index (Phi) is 6.37. The Morgan fingerprint density at radius 3 is 2.17 bits per heavy atom. The number of nitrogens with zero attached hydrogens (tertiary/aromatic N) is 2. The third-order valence-corrected chi connectivity index (χ3v) is 6.58. The summed E-state index contributed by atoms with van der Waals surface area (Å²) in [5, 5.41) is 3.24. The lowest BCUT2D eigenvalue weighted by Crippen LogP contribution is -2.43. The van der Waals surface area contributed by atoms with Crippen molar-refractivity contribution in [3.8, 4) is 0 Å². The topological polar surface area (TPSA) is 69.7 Å². The van der Waals surface area contributed by atoms with Crippen molar-refractivity contribution < 1.29 is 13.2 Å². The van der Waals surface area contributed by atoms with Gasteiger partial charge in [-0.15, -0.1) is 0 Å². The molecule has 1 amide bonds. The SMILES string of the molecule is CCN(CC)C(=O)c1ccc(S(=O)(=O)N(C)C2CCNCC2)cc1. The first-order valence-corrected chi connectivity index (χ1v) is 9.93. The van der Waals surface area contributed by atoms with Gasteiger partial charge in [-0.25, -0.2) is 8.42 Å². The normalized spacial score (nSPS) is 16.3. The summed E-state index contributed by atoms with van der Waals surface area (Å²) in [5.74, 6) is -0.0735. The number of carbonyl (C=O) groups excluding carboxylic acids is 1. The fourth-order valence-corrected chi connectivity index (χ4v) is 4.41. The largest absolute Gasteiger partial charge is 0.339 e. The molecular formula is C17H27N3O3S. The third-order valence-electron chi connectivity index (χ3n) is 4.65. The zero-order chi connectivity index (χ0) is 17.7. The number of piperidine rings is 1. The summed E-state index contributed by atoms with van der Waals surface area (Å²) >= 11 is 0. The summed E-state index contributed by atoms with van der Waals surface area (Å²) in [6.07, 6.45) is 1.63. The fraction of sp³-hybridized carbons (Fsp3) is 0.588. The van der Waals surface area contributed by atoms with Crippen molar-refractivity contribution in [3.63, 3.8) is 0 Å². The molecule has 1 N–H and O–H groups in total. The van der Waals surface area contributed by atoms with E-state index >= 15 is 0 Å². The highest BCUT2D eigenvalue weighted by atomic mass is 32.2. The first-order valence-electron chi connectivity index (χ1n) is 8.49. The molecule has 0 saturated carbocycles. The third kappa shape index (κ3) is 3.96. The highest BCUT2D eigenvalue weighted by Crippen LogP contribution is 2.21. The summed E-state index contributed by atoms with van der Waals surface area (Å²) in [5.41, 5.74) is 0.516. The first-order chi connectivity index (χ1) is 11.4. The van der Waals surface area contributed by atoms with Crippen LogP contribution in [-0.2, 0) is 10.0 Å². The Bertz CT molecular complexity index is 648. The number of carbonyl (C=O) groups is 1. The highest BCUT2D eigenvalue weighted by Gasteiger charge is 2.29. The van der Waals surface area contributed by atoms with Gasteiger partial charge in [0.05, 0.1) is 4.90 Å².